The number of piperidine rings is 2. The van der Waals surface area contributed by atoms with Crippen LogP contribution in [0.15, 0.2) is 30.3 Å². The molecule has 1 unspecified atom stereocenters. The van der Waals surface area contributed by atoms with Crippen molar-refractivity contribution in [2.75, 3.05) is 32.7 Å². The summed E-state index contributed by atoms with van der Waals surface area (Å²) in [4.78, 5) is 28.3. The number of carbonyl (C=O) groups excluding carboxylic acids is 2. The molecule has 3 rings (SSSR count). The molecule has 0 bridgehead atoms. The number of carbonyl (C=O) groups is 2. The summed E-state index contributed by atoms with van der Waals surface area (Å²) >= 11 is 0. The number of hydrogen-bond donors (Lipinski definition) is 1. The number of nitrogens with zero attached hydrogens (tertiary/aromatic N) is 2. The van der Waals surface area contributed by atoms with Crippen LogP contribution in [0.1, 0.15) is 50.5 Å². The normalized spacial score (nSPS) is 23.3. The van der Waals surface area contributed by atoms with Crippen molar-refractivity contribution in [2.45, 2.75) is 44.9 Å². The van der Waals surface area contributed by atoms with Crippen LogP contribution in [-0.2, 0) is 9.59 Å². The van der Waals surface area contributed by atoms with Gasteiger partial charge in [-0.15, -0.1) is 0 Å². The van der Waals surface area contributed by atoms with E-state index in [1.54, 1.807) is 0 Å². The second kappa shape index (κ2) is 8.21. The number of amides is 2. The van der Waals surface area contributed by atoms with E-state index < -0.39 is 0 Å². The Morgan fingerprint density at radius 2 is 1.92 bits per heavy atom. The van der Waals surface area contributed by atoms with Crippen LogP contribution in [0.4, 0.5) is 0 Å². The fourth-order valence-electron chi connectivity index (χ4n) is 4.59. The Labute approximate surface area is 156 Å². The van der Waals surface area contributed by atoms with Gasteiger partial charge in [-0.05, 0) is 63.2 Å². The summed E-state index contributed by atoms with van der Waals surface area (Å²) in [5.74, 6) is 0.0630. The minimum Gasteiger partial charge on any atom is -0.370 e. The maximum Gasteiger partial charge on any atom is 0.230 e. The van der Waals surface area contributed by atoms with Crippen LogP contribution in [-0.4, -0.2) is 54.3 Å². The average Bonchev–Trinajstić information content (AvgIpc) is 2.66. The van der Waals surface area contributed by atoms with Gasteiger partial charge in [0.05, 0.1) is 5.92 Å². The third-order valence-electron chi connectivity index (χ3n) is 6.17. The van der Waals surface area contributed by atoms with E-state index in [-0.39, 0.29) is 23.1 Å². The van der Waals surface area contributed by atoms with Gasteiger partial charge in [0.15, 0.2) is 0 Å². The lowest BCUT2D eigenvalue weighted by Gasteiger charge is -2.50. The molecule has 2 fully saturated rings. The molecule has 142 valence electrons. The predicted molar refractivity (Wildman–Crippen MR) is 103 cm³/mol. The number of benzene rings is 1. The number of likely N-dealkylation sites (N-methyl/N-ethyl adjacent to an activating group) is 1. The highest BCUT2D eigenvalue weighted by Crippen LogP contribution is 2.45. The van der Waals surface area contributed by atoms with Crippen LogP contribution in [0, 0.1) is 5.41 Å². The lowest BCUT2D eigenvalue weighted by atomic mass is 9.67. The van der Waals surface area contributed by atoms with Crippen LogP contribution in [0.3, 0.4) is 0 Å². The van der Waals surface area contributed by atoms with Crippen molar-refractivity contribution in [3.8, 4) is 0 Å². The van der Waals surface area contributed by atoms with Gasteiger partial charge in [-0.2, -0.15) is 0 Å². The van der Waals surface area contributed by atoms with E-state index in [1.807, 2.05) is 18.2 Å². The van der Waals surface area contributed by atoms with Crippen LogP contribution in [0.5, 0.6) is 0 Å². The van der Waals surface area contributed by atoms with Crippen molar-refractivity contribution in [1.82, 2.24) is 9.80 Å². The Kier molecular flexibility index (Phi) is 5.97. The molecule has 5 nitrogen and oxygen atoms in total. The fourth-order valence-corrected chi connectivity index (χ4v) is 4.59. The van der Waals surface area contributed by atoms with E-state index in [9.17, 15) is 9.59 Å². The number of rotatable bonds is 6. The summed E-state index contributed by atoms with van der Waals surface area (Å²) in [6.07, 6.45) is 4.51. The van der Waals surface area contributed by atoms with Gasteiger partial charge in [0.1, 0.15) is 0 Å². The molecule has 1 spiro atoms. The first-order valence-electron chi connectivity index (χ1n) is 9.87. The Morgan fingerprint density at radius 1 is 1.23 bits per heavy atom. The van der Waals surface area contributed by atoms with Gasteiger partial charge in [0, 0.05) is 19.5 Å². The molecule has 1 aromatic rings. The van der Waals surface area contributed by atoms with Gasteiger partial charge in [0.25, 0.3) is 0 Å². The maximum atomic E-state index is 12.9. The second-order valence-electron chi connectivity index (χ2n) is 7.93. The molecule has 2 heterocycles. The summed E-state index contributed by atoms with van der Waals surface area (Å²) in [6.45, 7) is 6.79. The number of nitrogens with two attached hydrogens (primary N) is 1. The lowest BCUT2D eigenvalue weighted by Crippen LogP contribution is -2.54. The molecule has 2 N–H and O–H groups in total. The Hall–Kier alpha value is -1.88. The Bertz CT molecular complexity index is 623. The molecule has 2 aliphatic heterocycles. The first kappa shape index (κ1) is 18.9. The highest BCUT2D eigenvalue weighted by Gasteiger charge is 2.45. The first-order valence-corrected chi connectivity index (χ1v) is 9.87. The molecule has 0 aromatic heterocycles. The van der Waals surface area contributed by atoms with Crippen LogP contribution < -0.4 is 5.73 Å². The SMILES string of the molecule is CCN1CC2(CCN(CCCC(N)=O)CC2)CC(c2ccccc2)C1=O. The van der Waals surface area contributed by atoms with Gasteiger partial charge >= 0.3 is 0 Å². The van der Waals surface area contributed by atoms with Gasteiger partial charge in [0.2, 0.25) is 11.8 Å². The van der Waals surface area contributed by atoms with E-state index in [0.29, 0.717) is 6.42 Å². The molecule has 0 radical (unpaired) electrons. The van der Waals surface area contributed by atoms with Crippen molar-refractivity contribution >= 4 is 11.8 Å². The van der Waals surface area contributed by atoms with E-state index in [1.165, 1.54) is 0 Å². The number of primary amides is 1. The van der Waals surface area contributed by atoms with Crippen molar-refractivity contribution < 1.29 is 9.59 Å². The zero-order valence-electron chi connectivity index (χ0n) is 15.8. The van der Waals surface area contributed by atoms with Gasteiger partial charge in [-0.25, -0.2) is 0 Å². The third-order valence-corrected chi connectivity index (χ3v) is 6.17. The van der Waals surface area contributed by atoms with E-state index in [0.717, 1.165) is 64.0 Å². The topological polar surface area (TPSA) is 66.6 Å². The molecule has 26 heavy (non-hydrogen) atoms. The van der Waals surface area contributed by atoms with Gasteiger partial charge in [-0.1, -0.05) is 30.3 Å². The molecule has 2 aliphatic rings. The van der Waals surface area contributed by atoms with Gasteiger partial charge in [-0.3, -0.25) is 9.59 Å². The summed E-state index contributed by atoms with van der Waals surface area (Å²) in [6, 6.07) is 10.3. The quantitative estimate of drug-likeness (QED) is 0.850. The van der Waals surface area contributed by atoms with E-state index >= 15 is 0 Å². The highest BCUT2D eigenvalue weighted by molar-refractivity contribution is 5.84. The zero-order valence-corrected chi connectivity index (χ0v) is 15.8. The highest BCUT2D eigenvalue weighted by atomic mass is 16.2. The first-order chi connectivity index (χ1) is 12.5. The molecule has 1 aromatic carbocycles. The largest absolute Gasteiger partial charge is 0.370 e. The van der Waals surface area contributed by atoms with Crippen molar-refractivity contribution in [2.24, 2.45) is 11.1 Å². The average molecular weight is 357 g/mol. The third kappa shape index (κ3) is 4.26. The summed E-state index contributed by atoms with van der Waals surface area (Å²) in [5, 5.41) is 0. The standard InChI is InChI=1S/C21H31N3O2/c1-2-24-16-21(10-13-23(14-11-21)12-6-9-19(22)25)15-18(20(24)26)17-7-4-3-5-8-17/h3-5,7-8,18H,2,6,9-16H2,1H3,(H2,22,25). The molecule has 2 amide bonds. The number of hydrogen-bond acceptors (Lipinski definition) is 3. The predicted octanol–water partition coefficient (Wildman–Crippen LogP) is 2.37. The summed E-state index contributed by atoms with van der Waals surface area (Å²) in [7, 11) is 0. The van der Waals surface area contributed by atoms with Gasteiger partial charge < -0.3 is 15.5 Å². The zero-order chi connectivity index (χ0) is 18.6. The molecule has 5 heteroatoms. The van der Waals surface area contributed by atoms with Crippen molar-refractivity contribution in [1.29, 1.82) is 0 Å². The second-order valence-corrected chi connectivity index (χ2v) is 7.93. The molecule has 0 aliphatic carbocycles. The molecular weight excluding hydrogens is 326 g/mol. The van der Waals surface area contributed by atoms with E-state index in [2.05, 4.69) is 28.9 Å². The van der Waals surface area contributed by atoms with Crippen molar-refractivity contribution in [3.05, 3.63) is 35.9 Å². The fraction of sp³-hybridized carbons (Fsp3) is 0.619. The Morgan fingerprint density at radius 3 is 2.54 bits per heavy atom. The molecule has 1 atom stereocenters. The summed E-state index contributed by atoms with van der Waals surface area (Å²) < 4.78 is 0. The van der Waals surface area contributed by atoms with E-state index in [4.69, 9.17) is 5.73 Å². The molecule has 0 saturated carbocycles. The van der Waals surface area contributed by atoms with Crippen molar-refractivity contribution in [3.63, 3.8) is 0 Å². The minimum atomic E-state index is -0.214. The summed E-state index contributed by atoms with van der Waals surface area (Å²) in [5.41, 5.74) is 6.62. The smallest absolute Gasteiger partial charge is 0.230 e. The minimum absolute atomic E-state index is 0.00804. The monoisotopic (exact) mass is 357 g/mol. The lowest BCUT2D eigenvalue weighted by molar-refractivity contribution is -0.141. The molecular formula is C21H31N3O2. The maximum absolute atomic E-state index is 12.9. The van der Waals surface area contributed by atoms with Crippen LogP contribution in [0.25, 0.3) is 0 Å². The van der Waals surface area contributed by atoms with Crippen LogP contribution in [0.2, 0.25) is 0 Å². The number of likely N-dealkylation sites (tertiary alicyclic amines) is 2. The molecule has 2 saturated heterocycles. The Balaban J connectivity index is 1.66. The van der Waals surface area contributed by atoms with Crippen LogP contribution >= 0.6 is 0 Å².